The van der Waals surface area contributed by atoms with E-state index in [9.17, 15) is 9.18 Å². The molecule has 80 valence electrons. The molecule has 1 heterocycles. The maximum atomic E-state index is 13.5. The van der Waals surface area contributed by atoms with Crippen LogP contribution in [0.25, 0.3) is 11.3 Å². The van der Waals surface area contributed by atoms with E-state index in [-0.39, 0.29) is 11.3 Å². The van der Waals surface area contributed by atoms with Gasteiger partial charge in [-0.05, 0) is 19.1 Å². The van der Waals surface area contributed by atoms with E-state index in [4.69, 9.17) is 0 Å². The van der Waals surface area contributed by atoms with Crippen molar-refractivity contribution >= 4 is 5.78 Å². The molecule has 0 aliphatic rings. The van der Waals surface area contributed by atoms with Crippen LogP contribution in [-0.4, -0.2) is 10.8 Å². The zero-order valence-corrected chi connectivity index (χ0v) is 8.77. The molecule has 3 heteroatoms. The van der Waals surface area contributed by atoms with Gasteiger partial charge in [0.2, 0.25) is 5.95 Å². The van der Waals surface area contributed by atoms with Crippen LogP contribution in [-0.2, 0) is 0 Å². The largest absolute Gasteiger partial charge is 0.294 e. The van der Waals surface area contributed by atoms with Crippen molar-refractivity contribution in [2.24, 2.45) is 0 Å². The SMILES string of the molecule is CC(=O)c1ccc(-c2ccccc2)nc1F. The summed E-state index contributed by atoms with van der Waals surface area (Å²) in [5.41, 5.74) is 1.39. The topological polar surface area (TPSA) is 30.0 Å². The Labute approximate surface area is 92.8 Å². The molecule has 0 aliphatic heterocycles. The van der Waals surface area contributed by atoms with Gasteiger partial charge in [0.15, 0.2) is 5.78 Å². The van der Waals surface area contributed by atoms with Gasteiger partial charge in [-0.3, -0.25) is 4.79 Å². The highest BCUT2D eigenvalue weighted by molar-refractivity contribution is 5.94. The Morgan fingerprint density at radius 3 is 2.38 bits per heavy atom. The zero-order chi connectivity index (χ0) is 11.5. The summed E-state index contributed by atoms with van der Waals surface area (Å²) < 4.78 is 13.5. The lowest BCUT2D eigenvalue weighted by atomic mass is 10.1. The number of carbonyl (C=O) groups excluding carboxylic acids is 1. The van der Waals surface area contributed by atoms with Crippen LogP contribution in [0.3, 0.4) is 0 Å². The smallest absolute Gasteiger partial charge is 0.224 e. The Balaban J connectivity index is 2.46. The number of hydrogen-bond acceptors (Lipinski definition) is 2. The number of pyridine rings is 1. The highest BCUT2D eigenvalue weighted by Crippen LogP contribution is 2.18. The van der Waals surface area contributed by atoms with E-state index in [2.05, 4.69) is 4.98 Å². The molecule has 0 saturated carbocycles. The van der Waals surface area contributed by atoms with Crippen molar-refractivity contribution in [1.82, 2.24) is 4.98 Å². The third-order valence-corrected chi connectivity index (χ3v) is 2.30. The first-order valence-corrected chi connectivity index (χ1v) is 4.91. The molecule has 0 saturated heterocycles. The molecule has 0 amide bonds. The summed E-state index contributed by atoms with van der Waals surface area (Å²) in [6.07, 6.45) is 0. The van der Waals surface area contributed by atoms with Crippen LogP contribution in [0.2, 0.25) is 0 Å². The van der Waals surface area contributed by atoms with Gasteiger partial charge >= 0.3 is 0 Å². The first-order chi connectivity index (χ1) is 7.68. The van der Waals surface area contributed by atoms with Crippen LogP contribution in [0.5, 0.6) is 0 Å². The maximum absolute atomic E-state index is 13.5. The number of benzene rings is 1. The van der Waals surface area contributed by atoms with Gasteiger partial charge in [0.05, 0.1) is 11.3 Å². The predicted octanol–water partition coefficient (Wildman–Crippen LogP) is 3.09. The Morgan fingerprint density at radius 2 is 1.81 bits per heavy atom. The summed E-state index contributed by atoms with van der Waals surface area (Å²) >= 11 is 0. The van der Waals surface area contributed by atoms with Crippen LogP contribution in [0.1, 0.15) is 17.3 Å². The summed E-state index contributed by atoms with van der Waals surface area (Å²) in [6, 6.07) is 12.4. The molecule has 2 rings (SSSR count). The van der Waals surface area contributed by atoms with Gasteiger partial charge in [-0.2, -0.15) is 4.39 Å². The second-order valence-electron chi connectivity index (χ2n) is 3.46. The number of aromatic nitrogens is 1. The molecule has 2 aromatic rings. The molecule has 0 fully saturated rings. The van der Waals surface area contributed by atoms with Gasteiger partial charge in [0, 0.05) is 5.56 Å². The lowest BCUT2D eigenvalue weighted by Gasteiger charge is -2.02. The minimum absolute atomic E-state index is 0.0275. The van der Waals surface area contributed by atoms with Crippen LogP contribution in [0.15, 0.2) is 42.5 Å². The standard InChI is InChI=1S/C13H10FNO/c1-9(16)11-7-8-12(15-13(11)14)10-5-3-2-4-6-10/h2-8H,1H3. The normalized spacial score (nSPS) is 10.1. The van der Waals surface area contributed by atoms with E-state index >= 15 is 0 Å². The first kappa shape index (κ1) is 10.5. The van der Waals surface area contributed by atoms with Crippen LogP contribution in [0.4, 0.5) is 4.39 Å². The summed E-state index contributed by atoms with van der Waals surface area (Å²) in [5.74, 6) is -1.03. The number of nitrogens with zero attached hydrogens (tertiary/aromatic N) is 1. The van der Waals surface area contributed by atoms with Crippen molar-refractivity contribution in [3.8, 4) is 11.3 Å². The van der Waals surface area contributed by atoms with Gasteiger partial charge in [0.1, 0.15) is 0 Å². The van der Waals surface area contributed by atoms with E-state index in [1.54, 1.807) is 6.07 Å². The first-order valence-electron chi connectivity index (χ1n) is 4.91. The zero-order valence-electron chi connectivity index (χ0n) is 8.77. The van der Waals surface area contributed by atoms with Crippen molar-refractivity contribution in [1.29, 1.82) is 0 Å². The number of rotatable bonds is 2. The van der Waals surface area contributed by atoms with E-state index in [1.165, 1.54) is 13.0 Å². The molecule has 1 aromatic heterocycles. The molecule has 16 heavy (non-hydrogen) atoms. The van der Waals surface area contributed by atoms with Crippen LogP contribution < -0.4 is 0 Å². The van der Waals surface area contributed by atoms with Gasteiger partial charge in [-0.25, -0.2) is 4.98 Å². The summed E-state index contributed by atoms with van der Waals surface area (Å²) in [7, 11) is 0. The van der Waals surface area contributed by atoms with Gasteiger partial charge in [-0.15, -0.1) is 0 Å². The van der Waals surface area contributed by atoms with Gasteiger partial charge in [-0.1, -0.05) is 30.3 Å². The fourth-order valence-corrected chi connectivity index (χ4v) is 1.47. The van der Waals surface area contributed by atoms with E-state index in [1.807, 2.05) is 30.3 Å². The molecule has 0 N–H and O–H groups in total. The molecular weight excluding hydrogens is 205 g/mol. The molecule has 0 radical (unpaired) electrons. The molecule has 0 bridgehead atoms. The number of halogens is 1. The monoisotopic (exact) mass is 215 g/mol. The molecule has 2 nitrogen and oxygen atoms in total. The molecule has 0 unspecified atom stereocenters. The highest BCUT2D eigenvalue weighted by atomic mass is 19.1. The third-order valence-electron chi connectivity index (χ3n) is 2.30. The quantitative estimate of drug-likeness (QED) is 0.569. The van der Waals surface area contributed by atoms with E-state index < -0.39 is 5.95 Å². The van der Waals surface area contributed by atoms with Crippen molar-refractivity contribution in [2.45, 2.75) is 6.92 Å². The van der Waals surface area contributed by atoms with Crippen molar-refractivity contribution in [3.63, 3.8) is 0 Å². The number of hydrogen-bond donors (Lipinski definition) is 0. The Bertz CT molecular complexity index is 523. The number of carbonyl (C=O) groups is 1. The fraction of sp³-hybridized carbons (Fsp3) is 0.0769. The molecular formula is C13H10FNO. The van der Waals surface area contributed by atoms with Gasteiger partial charge < -0.3 is 0 Å². The average Bonchev–Trinajstić information content (AvgIpc) is 2.29. The van der Waals surface area contributed by atoms with E-state index in [0.717, 1.165) is 5.56 Å². The number of Topliss-reactive ketones (excluding diaryl/α,β-unsaturated/α-hetero) is 1. The van der Waals surface area contributed by atoms with E-state index in [0.29, 0.717) is 5.69 Å². The predicted molar refractivity (Wildman–Crippen MR) is 59.6 cm³/mol. The fourth-order valence-electron chi connectivity index (χ4n) is 1.47. The Kier molecular flexibility index (Phi) is 2.77. The van der Waals surface area contributed by atoms with Crippen molar-refractivity contribution < 1.29 is 9.18 Å². The van der Waals surface area contributed by atoms with Crippen LogP contribution in [0, 0.1) is 5.95 Å². The lowest BCUT2D eigenvalue weighted by Crippen LogP contribution is -2.00. The molecule has 0 atom stereocenters. The summed E-state index contributed by atoms with van der Waals surface area (Å²) in [6.45, 7) is 1.32. The van der Waals surface area contributed by atoms with Crippen molar-refractivity contribution in [3.05, 3.63) is 54.0 Å². The molecule has 0 aliphatic carbocycles. The average molecular weight is 215 g/mol. The minimum Gasteiger partial charge on any atom is -0.294 e. The summed E-state index contributed by atoms with van der Waals surface area (Å²) in [4.78, 5) is 14.8. The molecule has 0 spiro atoms. The highest BCUT2D eigenvalue weighted by Gasteiger charge is 2.09. The second-order valence-corrected chi connectivity index (χ2v) is 3.46. The lowest BCUT2D eigenvalue weighted by molar-refractivity contribution is 0.101. The Morgan fingerprint density at radius 1 is 1.12 bits per heavy atom. The van der Waals surface area contributed by atoms with Gasteiger partial charge in [0.25, 0.3) is 0 Å². The molecule has 1 aromatic carbocycles. The van der Waals surface area contributed by atoms with Crippen LogP contribution >= 0.6 is 0 Å². The summed E-state index contributed by atoms with van der Waals surface area (Å²) in [5, 5.41) is 0. The minimum atomic E-state index is -0.714. The third kappa shape index (κ3) is 1.98. The Hall–Kier alpha value is -2.03. The van der Waals surface area contributed by atoms with Crippen molar-refractivity contribution in [2.75, 3.05) is 0 Å². The maximum Gasteiger partial charge on any atom is 0.224 e. The number of ketones is 1. The second kappa shape index (κ2) is 4.23.